The molecular formula is C10H12INO5S. The first-order valence-corrected chi connectivity index (χ1v) is 7.46. The number of hydrogen-bond donors (Lipinski definition) is 2. The van der Waals surface area contributed by atoms with Gasteiger partial charge in [0.25, 0.3) is 0 Å². The maximum Gasteiger partial charge on any atom is 0.336 e. The second-order valence-electron chi connectivity index (χ2n) is 3.34. The molecule has 0 spiro atoms. The average Bonchev–Trinajstić information content (AvgIpc) is 2.29. The molecule has 8 heteroatoms. The van der Waals surface area contributed by atoms with Crippen LogP contribution in [0, 0.1) is 3.57 Å². The molecule has 0 heterocycles. The second kappa shape index (κ2) is 6.45. The molecule has 100 valence electrons. The van der Waals surface area contributed by atoms with E-state index in [0.717, 1.165) is 6.07 Å². The lowest BCUT2D eigenvalue weighted by Crippen LogP contribution is -2.27. The van der Waals surface area contributed by atoms with Gasteiger partial charge in [-0.15, -0.1) is 0 Å². The molecule has 18 heavy (non-hydrogen) atoms. The molecule has 2 N–H and O–H groups in total. The largest absolute Gasteiger partial charge is 0.478 e. The third-order valence-corrected chi connectivity index (χ3v) is 4.48. The fourth-order valence-corrected chi connectivity index (χ4v) is 2.80. The maximum atomic E-state index is 11.8. The van der Waals surface area contributed by atoms with E-state index in [1.54, 1.807) is 0 Å². The predicted molar refractivity (Wildman–Crippen MR) is 73.2 cm³/mol. The van der Waals surface area contributed by atoms with Gasteiger partial charge in [0.1, 0.15) is 0 Å². The second-order valence-corrected chi connectivity index (χ2v) is 6.27. The molecule has 0 bridgehead atoms. The fourth-order valence-electron chi connectivity index (χ4n) is 1.20. The SMILES string of the molecule is COCCNS(=O)(=O)c1ccc(I)c(C(=O)O)c1. The number of ether oxygens (including phenoxy) is 1. The molecule has 0 aromatic heterocycles. The van der Waals surface area contributed by atoms with E-state index in [1.165, 1.54) is 19.2 Å². The van der Waals surface area contributed by atoms with Crippen molar-refractivity contribution in [1.82, 2.24) is 4.72 Å². The Balaban J connectivity index is 3.02. The van der Waals surface area contributed by atoms with Crippen LogP contribution in [0.1, 0.15) is 10.4 Å². The standard InChI is InChI=1S/C10H12INO5S/c1-17-5-4-12-18(15,16)7-2-3-9(11)8(6-7)10(13)14/h2-3,6,12H,4-5H2,1H3,(H,13,14). The van der Waals surface area contributed by atoms with E-state index in [1.807, 2.05) is 22.6 Å². The summed E-state index contributed by atoms with van der Waals surface area (Å²) in [5, 5.41) is 8.93. The minimum absolute atomic E-state index is 0.0368. The van der Waals surface area contributed by atoms with Crippen molar-refractivity contribution in [2.24, 2.45) is 0 Å². The van der Waals surface area contributed by atoms with E-state index in [4.69, 9.17) is 9.84 Å². The van der Waals surface area contributed by atoms with Gasteiger partial charge < -0.3 is 9.84 Å². The Hall–Kier alpha value is -0.710. The Morgan fingerprint density at radius 2 is 2.17 bits per heavy atom. The number of benzene rings is 1. The van der Waals surface area contributed by atoms with E-state index in [2.05, 4.69) is 4.72 Å². The van der Waals surface area contributed by atoms with Crippen molar-refractivity contribution in [2.75, 3.05) is 20.3 Å². The highest BCUT2D eigenvalue weighted by Crippen LogP contribution is 2.17. The number of aromatic carboxylic acids is 1. The Labute approximate surface area is 119 Å². The van der Waals surface area contributed by atoms with E-state index in [0.29, 0.717) is 3.57 Å². The number of sulfonamides is 1. The lowest BCUT2D eigenvalue weighted by atomic mass is 10.2. The van der Waals surface area contributed by atoms with Gasteiger partial charge in [-0.2, -0.15) is 0 Å². The smallest absolute Gasteiger partial charge is 0.336 e. The first kappa shape index (κ1) is 15.3. The zero-order valence-electron chi connectivity index (χ0n) is 9.51. The van der Waals surface area contributed by atoms with Gasteiger partial charge in [-0.25, -0.2) is 17.9 Å². The zero-order chi connectivity index (χ0) is 13.8. The van der Waals surface area contributed by atoms with E-state index < -0.39 is 16.0 Å². The van der Waals surface area contributed by atoms with E-state index in [-0.39, 0.29) is 23.6 Å². The van der Waals surface area contributed by atoms with Crippen molar-refractivity contribution in [3.05, 3.63) is 27.3 Å². The van der Waals surface area contributed by atoms with Crippen LogP contribution in [0.25, 0.3) is 0 Å². The Morgan fingerprint density at radius 1 is 1.50 bits per heavy atom. The molecule has 6 nitrogen and oxygen atoms in total. The summed E-state index contributed by atoms with van der Waals surface area (Å²) in [6, 6.07) is 3.96. The molecule has 0 radical (unpaired) electrons. The lowest BCUT2D eigenvalue weighted by molar-refractivity contribution is 0.0695. The van der Waals surface area contributed by atoms with Crippen molar-refractivity contribution in [3.8, 4) is 0 Å². The van der Waals surface area contributed by atoms with Crippen LogP contribution in [0.5, 0.6) is 0 Å². The van der Waals surface area contributed by atoms with Crippen LogP contribution in [0.4, 0.5) is 0 Å². The highest BCUT2D eigenvalue weighted by atomic mass is 127. The van der Waals surface area contributed by atoms with Gasteiger partial charge in [0.2, 0.25) is 10.0 Å². The number of rotatable bonds is 6. The first-order chi connectivity index (χ1) is 8.38. The highest BCUT2D eigenvalue weighted by Gasteiger charge is 2.17. The molecule has 0 aliphatic rings. The molecule has 0 aliphatic carbocycles. The summed E-state index contributed by atoms with van der Waals surface area (Å²) in [4.78, 5) is 10.8. The number of halogens is 1. The molecule has 1 aromatic carbocycles. The van der Waals surface area contributed by atoms with Crippen molar-refractivity contribution >= 4 is 38.6 Å². The molecule has 0 unspecified atom stereocenters. The summed E-state index contributed by atoms with van der Waals surface area (Å²) >= 11 is 1.84. The molecule has 0 amide bonds. The summed E-state index contributed by atoms with van der Waals surface area (Å²) < 4.78 is 31.2. The van der Waals surface area contributed by atoms with Crippen LogP contribution >= 0.6 is 22.6 Å². The molecule has 1 rings (SSSR count). The quantitative estimate of drug-likeness (QED) is 0.561. The number of carboxylic acid groups (broad SMARTS) is 1. The molecule has 1 aromatic rings. The summed E-state index contributed by atoms with van der Waals surface area (Å²) in [5.74, 6) is -1.16. The highest BCUT2D eigenvalue weighted by molar-refractivity contribution is 14.1. The van der Waals surface area contributed by atoms with Gasteiger partial charge in [-0.1, -0.05) is 0 Å². The van der Waals surface area contributed by atoms with Crippen molar-refractivity contribution in [2.45, 2.75) is 4.90 Å². The minimum Gasteiger partial charge on any atom is -0.478 e. The Kier molecular flexibility index (Phi) is 5.50. The first-order valence-electron chi connectivity index (χ1n) is 4.90. The van der Waals surface area contributed by atoms with Crippen LogP contribution in [0.3, 0.4) is 0 Å². The van der Waals surface area contributed by atoms with Crippen LogP contribution in [-0.4, -0.2) is 39.8 Å². The van der Waals surface area contributed by atoms with Gasteiger partial charge in [0.05, 0.1) is 17.1 Å². The maximum absolute atomic E-state index is 11.8. The van der Waals surface area contributed by atoms with Crippen molar-refractivity contribution in [1.29, 1.82) is 0 Å². The number of nitrogens with one attached hydrogen (secondary N) is 1. The van der Waals surface area contributed by atoms with Gasteiger partial charge in [0, 0.05) is 17.2 Å². The Bertz CT molecular complexity index is 543. The van der Waals surface area contributed by atoms with Gasteiger partial charge in [-0.05, 0) is 40.8 Å². The molecule has 0 atom stereocenters. The molecule has 0 saturated carbocycles. The molecule has 0 saturated heterocycles. The summed E-state index contributed by atoms with van der Waals surface area (Å²) in [6.07, 6.45) is 0. The summed E-state index contributed by atoms with van der Waals surface area (Å²) in [7, 11) is -2.24. The molecule has 0 fully saturated rings. The summed E-state index contributed by atoms with van der Waals surface area (Å²) in [5.41, 5.74) is -0.0368. The van der Waals surface area contributed by atoms with E-state index >= 15 is 0 Å². The lowest BCUT2D eigenvalue weighted by Gasteiger charge is -2.07. The minimum atomic E-state index is -3.70. The zero-order valence-corrected chi connectivity index (χ0v) is 12.5. The van der Waals surface area contributed by atoms with Crippen molar-refractivity contribution in [3.63, 3.8) is 0 Å². The van der Waals surface area contributed by atoms with Gasteiger partial charge in [-0.3, -0.25) is 0 Å². The van der Waals surface area contributed by atoms with Crippen molar-refractivity contribution < 1.29 is 23.1 Å². The number of methoxy groups -OCH3 is 1. The monoisotopic (exact) mass is 385 g/mol. The average molecular weight is 385 g/mol. The third kappa shape index (κ3) is 3.90. The fraction of sp³-hybridized carbons (Fsp3) is 0.300. The van der Waals surface area contributed by atoms with Crippen LogP contribution in [0.15, 0.2) is 23.1 Å². The van der Waals surface area contributed by atoms with Gasteiger partial charge >= 0.3 is 5.97 Å². The summed E-state index contributed by atoms with van der Waals surface area (Å²) in [6.45, 7) is 0.378. The molecule has 0 aliphatic heterocycles. The topological polar surface area (TPSA) is 92.7 Å². The van der Waals surface area contributed by atoms with Crippen LogP contribution < -0.4 is 4.72 Å². The van der Waals surface area contributed by atoms with Crippen LogP contribution in [-0.2, 0) is 14.8 Å². The number of hydrogen-bond acceptors (Lipinski definition) is 4. The van der Waals surface area contributed by atoms with Crippen LogP contribution in [0.2, 0.25) is 0 Å². The third-order valence-electron chi connectivity index (χ3n) is 2.08. The molecular weight excluding hydrogens is 373 g/mol. The predicted octanol–water partition coefficient (Wildman–Crippen LogP) is 0.914. The normalized spacial score (nSPS) is 11.4. The Morgan fingerprint density at radius 3 is 2.72 bits per heavy atom. The van der Waals surface area contributed by atoms with E-state index in [9.17, 15) is 13.2 Å². The van der Waals surface area contributed by atoms with Gasteiger partial charge in [0.15, 0.2) is 0 Å². The number of carbonyl (C=O) groups is 1. The number of carboxylic acids is 1.